The van der Waals surface area contributed by atoms with Crippen LogP contribution in [-0.2, 0) is 7.05 Å². The molecule has 2 aliphatic rings. The van der Waals surface area contributed by atoms with Crippen LogP contribution < -0.4 is 0 Å². The number of fused-ring (bicyclic) bond motifs is 2. The molecule has 1 amide bonds. The molecule has 3 rings (SSSR count). The monoisotopic (exact) mass is 223 g/mol. The minimum atomic E-state index is 0.141. The van der Waals surface area contributed by atoms with Crippen LogP contribution in [0.3, 0.4) is 0 Å². The molecule has 5 heteroatoms. The molecule has 0 unspecified atom stereocenters. The summed E-state index contributed by atoms with van der Waals surface area (Å²) in [7, 11) is 1.82. The number of nitrogens with zero attached hydrogens (tertiary/aromatic N) is 3. The van der Waals surface area contributed by atoms with Crippen LogP contribution >= 0.6 is 11.8 Å². The minimum absolute atomic E-state index is 0.141. The van der Waals surface area contributed by atoms with E-state index in [1.807, 2.05) is 23.7 Å². The highest BCUT2D eigenvalue weighted by Gasteiger charge is 2.41. The van der Waals surface area contributed by atoms with Crippen LogP contribution in [0.25, 0.3) is 0 Å². The predicted molar refractivity (Wildman–Crippen MR) is 58.9 cm³/mol. The van der Waals surface area contributed by atoms with Gasteiger partial charge < -0.3 is 4.90 Å². The van der Waals surface area contributed by atoms with Crippen LogP contribution in [0, 0.1) is 0 Å². The number of hydrogen-bond donors (Lipinski definition) is 0. The molecule has 0 aliphatic carbocycles. The van der Waals surface area contributed by atoms with Crippen molar-refractivity contribution in [3.63, 3.8) is 0 Å². The van der Waals surface area contributed by atoms with Gasteiger partial charge in [0.15, 0.2) is 0 Å². The van der Waals surface area contributed by atoms with Gasteiger partial charge in [0.1, 0.15) is 5.69 Å². The van der Waals surface area contributed by atoms with Crippen LogP contribution in [0.15, 0.2) is 12.3 Å². The first-order chi connectivity index (χ1) is 7.25. The highest BCUT2D eigenvalue weighted by molar-refractivity contribution is 8.00. The number of aromatic nitrogens is 2. The minimum Gasteiger partial charge on any atom is -0.332 e. The van der Waals surface area contributed by atoms with Crippen LogP contribution in [0.4, 0.5) is 0 Å². The van der Waals surface area contributed by atoms with Gasteiger partial charge in [0.05, 0.1) is 0 Å². The zero-order valence-electron chi connectivity index (χ0n) is 8.59. The number of carbonyl (C=O) groups excluding carboxylic acids is 1. The standard InChI is InChI=1S/C10H13N3OS/c1-12-9(2-3-11-12)10(14)13-5-8-4-7(13)6-15-8/h2-3,7-8H,4-6H2,1H3/t7-,8+/m0/s1. The van der Waals surface area contributed by atoms with E-state index in [4.69, 9.17) is 0 Å². The molecular formula is C10H13N3OS. The van der Waals surface area contributed by atoms with Gasteiger partial charge in [0.25, 0.3) is 5.91 Å². The Bertz CT molecular complexity index is 403. The van der Waals surface area contributed by atoms with Gasteiger partial charge in [-0.25, -0.2) is 0 Å². The first-order valence-electron chi connectivity index (χ1n) is 5.16. The summed E-state index contributed by atoms with van der Waals surface area (Å²) in [6, 6.07) is 2.25. The molecule has 4 nitrogen and oxygen atoms in total. The SMILES string of the molecule is Cn1nccc1C(=O)N1C[C@H]2C[C@H]1CS2. The summed E-state index contributed by atoms with van der Waals surface area (Å²) in [5, 5.41) is 4.71. The van der Waals surface area contributed by atoms with Gasteiger partial charge in [0.2, 0.25) is 0 Å². The number of likely N-dealkylation sites (tertiary alicyclic amines) is 1. The summed E-state index contributed by atoms with van der Waals surface area (Å²) in [4.78, 5) is 14.2. The number of amides is 1. The Morgan fingerprint density at radius 3 is 3.07 bits per heavy atom. The van der Waals surface area contributed by atoms with Crippen molar-refractivity contribution in [2.45, 2.75) is 17.7 Å². The highest BCUT2D eigenvalue weighted by Crippen LogP contribution is 2.37. The average molecular weight is 223 g/mol. The zero-order chi connectivity index (χ0) is 10.4. The molecule has 0 aromatic carbocycles. The van der Waals surface area contributed by atoms with Crippen molar-refractivity contribution in [2.75, 3.05) is 12.3 Å². The van der Waals surface area contributed by atoms with Crippen molar-refractivity contribution in [2.24, 2.45) is 7.05 Å². The fourth-order valence-corrected chi connectivity index (χ4v) is 3.81. The van der Waals surface area contributed by atoms with Gasteiger partial charge >= 0.3 is 0 Å². The number of aryl methyl sites for hydroxylation is 1. The Kier molecular flexibility index (Phi) is 2.02. The Hall–Kier alpha value is -0.970. The summed E-state index contributed by atoms with van der Waals surface area (Å²) in [5.41, 5.74) is 0.701. The molecule has 80 valence electrons. The van der Waals surface area contributed by atoms with E-state index >= 15 is 0 Å². The zero-order valence-corrected chi connectivity index (χ0v) is 9.41. The van der Waals surface area contributed by atoms with E-state index in [1.165, 1.54) is 6.42 Å². The van der Waals surface area contributed by atoms with Crippen molar-refractivity contribution in [1.82, 2.24) is 14.7 Å². The topological polar surface area (TPSA) is 38.1 Å². The molecule has 2 atom stereocenters. The maximum absolute atomic E-state index is 12.2. The smallest absolute Gasteiger partial charge is 0.272 e. The molecule has 2 saturated heterocycles. The summed E-state index contributed by atoms with van der Waals surface area (Å²) in [6.45, 7) is 0.916. The molecule has 2 aliphatic heterocycles. The van der Waals surface area contributed by atoms with Crippen LogP contribution in [0.2, 0.25) is 0 Å². The molecule has 0 spiro atoms. The van der Waals surface area contributed by atoms with Gasteiger partial charge in [-0.15, -0.1) is 0 Å². The Morgan fingerprint density at radius 1 is 1.67 bits per heavy atom. The van der Waals surface area contributed by atoms with E-state index in [1.54, 1.807) is 16.9 Å². The van der Waals surface area contributed by atoms with Gasteiger partial charge in [-0.05, 0) is 12.5 Å². The first-order valence-corrected chi connectivity index (χ1v) is 6.21. The van der Waals surface area contributed by atoms with E-state index in [0.717, 1.165) is 12.3 Å². The normalized spacial score (nSPS) is 28.7. The van der Waals surface area contributed by atoms with Crippen molar-refractivity contribution < 1.29 is 4.79 Å². The van der Waals surface area contributed by atoms with E-state index in [-0.39, 0.29) is 5.91 Å². The number of carbonyl (C=O) groups is 1. The van der Waals surface area contributed by atoms with E-state index in [2.05, 4.69) is 5.10 Å². The van der Waals surface area contributed by atoms with Gasteiger partial charge in [-0.1, -0.05) is 0 Å². The molecule has 0 N–H and O–H groups in total. The van der Waals surface area contributed by atoms with Crippen LogP contribution in [0.1, 0.15) is 16.9 Å². The number of thioether (sulfide) groups is 1. The molecule has 2 bridgehead atoms. The van der Waals surface area contributed by atoms with Crippen molar-refractivity contribution in [3.05, 3.63) is 18.0 Å². The summed E-state index contributed by atoms with van der Waals surface area (Å²) in [5.74, 6) is 1.25. The molecule has 15 heavy (non-hydrogen) atoms. The maximum atomic E-state index is 12.2. The third-order valence-electron chi connectivity index (χ3n) is 3.20. The fourth-order valence-electron chi connectivity index (χ4n) is 2.38. The van der Waals surface area contributed by atoms with Gasteiger partial charge in [0, 0.05) is 36.8 Å². The molecule has 0 saturated carbocycles. The second-order valence-corrected chi connectivity index (χ2v) is 5.48. The second-order valence-electron chi connectivity index (χ2n) is 4.14. The molecule has 3 heterocycles. The van der Waals surface area contributed by atoms with Gasteiger partial charge in [-0.2, -0.15) is 16.9 Å². The number of rotatable bonds is 1. The predicted octanol–water partition coefficient (Wildman–Crippen LogP) is 0.750. The van der Waals surface area contributed by atoms with Crippen LogP contribution in [-0.4, -0.2) is 44.2 Å². The Morgan fingerprint density at radius 2 is 2.53 bits per heavy atom. The molecular weight excluding hydrogens is 210 g/mol. The summed E-state index contributed by atoms with van der Waals surface area (Å²) in [6.07, 6.45) is 2.85. The molecule has 1 aromatic rings. The van der Waals surface area contributed by atoms with Crippen molar-refractivity contribution in [1.29, 1.82) is 0 Å². The fraction of sp³-hybridized carbons (Fsp3) is 0.600. The molecule has 1 aromatic heterocycles. The van der Waals surface area contributed by atoms with Crippen molar-refractivity contribution >= 4 is 17.7 Å². The lowest BCUT2D eigenvalue weighted by atomic mass is 10.2. The van der Waals surface area contributed by atoms with E-state index < -0.39 is 0 Å². The second kappa shape index (κ2) is 3.27. The maximum Gasteiger partial charge on any atom is 0.272 e. The Balaban J connectivity index is 1.84. The third-order valence-corrected chi connectivity index (χ3v) is 4.59. The molecule has 0 radical (unpaired) electrons. The highest BCUT2D eigenvalue weighted by atomic mass is 32.2. The largest absolute Gasteiger partial charge is 0.332 e. The van der Waals surface area contributed by atoms with Crippen LogP contribution in [0.5, 0.6) is 0 Å². The molecule has 2 fully saturated rings. The third kappa shape index (κ3) is 1.37. The lowest BCUT2D eigenvalue weighted by molar-refractivity contribution is 0.0736. The quantitative estimate of drug-likeness (QED) is 0.705. The lowest BCUT2D eigenvalue weighted by Gasteiger charge is -2.26. The average Bonchev–Trinajstić information content (AvgIpc) is 2.91. The van der Waals surface area contributed by atoms with Crippen molar-refractivity contribution in [3.8, 4) is 0 Å². The van der Waals surface area contributed by atoms with E-state index in [0.29, 0.717) is 17.0 Å². The Labute approximate surface area is 92.6 Å². The first kappa shape index (κ1) is 9.27. The summed E-state index contributed by atoms with van der Waals surface area (Å²) < 4.78 is 1.65. The van der Waals surface area contributed by atoms with E-state index in [9.17, 15) is 4.79 Å². The lowest BCUT2D eigenvalue weighted by Crippen LogP contribution is -2.39. The van der Waals surface area contributed by atoms with Gasteiger partial charge in [-0.3, -0.25) is 9.48 Å². The number of hydrogen-bond acceptors (Lipinski definition) is 3. The summed E-state index contributed by atoms with van der Waals surface area (Å²) >= 11 is 2.00.